The molecular weight excluding hydrogens is 719 g/mol. The first-order valence-corrected chi connectivity index (χ1v) is 25.9. The molecule has 0 fully saturated rings. The maximum atomic E-state index is 13.2. The van der Waals surface area contributed by atoms with E-state index in [1.807, 2.05) is 0 Å². The standard InChI is InChI=1S/C52H101NO5/c1-4-7-10-13-16-19-22-24-25-27-30-33-36-39-42-45-52(57)58-48(43-40-37-34-31-28-21-18-15-12-9-6-3)46-51(56)53-49(47-54)50(55)44-41-38-35-32-29-26-23-20-17-14-11-8-5-2/h19,22,48-50,54-55H,4-18,20-21,23-47H2,1-3H3,(H,53,56)/b22-19-. The molecule has 0 saturated carbocycles. The van der Waals surface area contributed by atoms with E-state index in [9.17, 15) is 19.8 Å². The number of aliphatic hydroxyl groups excluding tert-OH is 2. The van der Waals surface area contributed by atoms with Crippen molar-refractivity contribution in [1.29, 1.82) is 0 Å². The molecule has 1 amide bonds. The summed E-state index contributed by atoms with van der Waals surface area (Å²) in [5, 5.41) is 23.8. The number of aliphatic hydroxyl groups is 2. The normalized spacial score (nSPS) is 13.3. The molecule has 0 radical (unpaired) electrons. The largest absolute Gasteiger partial charge is 0.462 e. The first kappa shape index (κ1) is 56.6. The van der Waals surface area contributed by atoms with Gasteiger partial charge in [0.15, 0.2) is 0 Å². The number of carbonyl (C=O) groups excluding carboxylic acids is 2. The summed E-state index contributed by atoms with van der Waals surface area (Å²) < 4.78 is 5.93. The molecule has 0 spiro atoms. The summed E-state index contributed by atoms with van der Waals surface area (Å²) in [6.07, 6.45) is 51.2. The van der Waals surface area contributed by atoms with Gasteiger partial charge >= 0.3 is 5.97 Å². The van der Waals surface area contributed by atoms with Gasteiger partial charge in [-0.25, -0.2) is 0 Å². The van der Waals surface area contributed by atoms with Crippen LogP contribution in [0, 0.1) is 0 Å². The van der Waals surface area contributed by atoms with Gasteiger partial charge in [0.05, 0.1) is 25.2 Å². The fraction of sp³-hybridized carbons (Fsp3) is 0.923. The summed E-state index contributed by atoms with van der Waals surface area (Å²) in [5.41, 5.74) is 0. The quantitative estimate of drug-likeness (QED) is 0.0323. The minimum atomic E-state index is -0.781. The zero-order valence-electron chi connectivity index (χ0n) is 39.2. The van der Waals surface area contributed by atoms with E-state index in [0.717, 1.165) is 44.9 Å². The second-order valence-electron chi connectivity index (χ2n) is 17.9. The van der Waals surface area contributed by atoms with Gasteiger partial charge in [-0.15, -0.1) is 0 Å². The van der Waals surface area contributed by atoms with Gasteiger partial charge in [-0.2, -0.15) is 0 Å². The molecular formula is C52H101NO5. The van der Waals surface area contributed by atoms with Crippen LogP contribution in [-0.2, 0) is 14.3 Å². The lowest BCUT2D eigenvalue weighted by atomic mass is 10.0. The summed E-state index contributed by atoms with van der Waals surface area (Å²) in [5.74, 6) is -0.463. The molecule has 6 heteroatoms. The summed E-state index contributed by atoms with van der Waals surface area (Å²) in [6, 6.07) is -0.695. The SMILES string of the molecule is CCCCCC/C=C\CCCCCCCCCC(=O)OC(CCCCCCCCCCCCC)CC(=O)NC(CO)C(O)CCCCCCCCCCCCCCC. The van der Waals surface area contributed by atoms with Crippen molar-refractivity contribution in [1.82, 2.24) is 5.32 Å². The van der Waals surface area contributed by atoms with Gasteiger partial charge < -0.3 is 20.3 Å². The molecule has 0 aromatic heterocycles. The number of rotatable bonds is 47. The van der Waals surface area contributed by atoms with Crippen LogP contribution in [0.2, 0.25) is 0 Å². The Balaban J connectivity index is 4.50. The lowest BCUT2D eigenvalue weighted by Crippen LogP contribution is -2.46. The molecule has 344 valence electrons. The first-order valence-electron chi connectivity index (χ1n) is 25.9. The number of nitrogens with one attached hydrogen (secondary N) is 1. The number of carbonyl (C=O) groups is 2. The third-order valence-corrected chi connectivity index (χ3v) is 12.1. The Morgan fingerprint density at radius 3 is 1.24 bits per heavy atom. The Morgan fingerprint density at radius 2 is 0.828 bits per heavy atom. The molecule has 0 heterocycles. The van der Waals surface area contributed by atoms with Gasteiger partial charge in [-0.1, -0.05) is 232 Å². The molecule has 0 aromatic rings. The molecule has 0 aliphatic rings. The third kappa shape index (κ3) is 41.3. The van der Waals surface area contributed by atoms with Crippen LogP contribution in [-0.4, -0.2) is 46.9 Å². The minimum absolute atomic E-state index is 0.0828. The summed E-state index contributed by atoms with van der Waals surface area (Å²) in [6.45, 7) is 6.48. The number of esters is 1. The van der Waals surface area contributed by atoms with Crippen LogP contribution in [0.1, 0.15) is 284 Å². The predicted octanol–water partition coefficient (Wildman–Crippen LogP) is 15.3. The zero-order chi connectivity index (χ0) is 42.4. The summed E-state index contributed by atoms with van der Waals surface area (Å²) >= 11 is 0. The molecule has 0 bridgehead atoms. The van der Waals surface area contributed by atoms with E-state index in [-0.39, 0.29) is 24.9 Å². The molecule has 3 unspecified atom stereocenters. The minimum Gasteiger partial charge on any atom is -0.462 e. The molecule has 58 heavy (non-hydrogen) atoms. The van der Waals surface area contributed by atoms with Crippen molar-refractivity contribution in [3.05, 3.63) is 12.2 Å². The predicted molar refractivity (Wildman–Crippen MR) is 250 cm³/mol. The van der Waals surface area contributed by atoms with Crippen LogP contribution < -0.4 is 5.32 Å². The molecule has 0 aromatic carbocycles. The van der Waals surface area contributed by atoms with E-state index in [0.29, 0.717) is 19.3 Å². The van der Waals surface area contributed by atoms with Gasteiger partial charge in [0, 0.05) is 6.42 Å². The first-order chi connectivity index (χ1) is 28.5. The van der Waals surface area contributed by atoms with Gasteiger partial charge in [0.2, 0.25) is 5.91 Å². The van der Waals surface area contributed by atoms with E-state index in [2.05, 4.69) is 38.2 Å². The number of hydrogen-bond acceptors (Lipinski definition) is 5. The molecule has 0 saturated heterocycles. The Bertz CT molecular complexity index is 878. The zero-order valence-corrected chi connectivity index (χ0v) is 39.2. The Labute approximate surface area is 361 Å². The van der Waals surface area contributed by atoms with E-state index < -0.39 is 18.2 Å². The second-order valence-corrected chi connectivity index (χ2v) is 17.9. The number of amides is 1. The highest BCUT2D eigenvalue weighted by Crippen LogP contribution is 2.18. The molecule has 0 aliphatic heterocycles. The Morgan fingerprint density at radius 1 is 0.483 bits per heavy atom. The van der Waals surface area contributed by atoms with E-state index in [1.54, 1.807) is 0 Å². The van der Waals surface area contributed by atoms with Crippen molar-refractivity contribution >= 4 is 11.9 Å². The third-order valence-electron chi connectivity index (χ3n) is 12.1. The topological polar surface area (TPSA) is 95.9 Å². The van der Waals surface area contributed by atoms with Crippen LogP contribution in [0.5, 0.6) is 0 Å². The molecule has 0 aliphatic carbocycles. The van der Waals surface area contributed by atoms with Crippen LogP contribution in [0.4, 0.5) is 0 Å². The highest BCUT2D eigenvalue weighted by molar-refractivity contribution is 5.77. The maximum absolute atomic E-state index is 13.2. The Hall–Kier alpha value is -1.40. The van der Waals surface area contributed by atoms with Crippen LogP contribution in [0.15, 0.2) is 12.2 Å². The monoisotopic (exact) mass is 820 g/mol. The summed E-state index contributed by atoms with van der Waals surface area (Å²) in [4.78, 5) is 26.1. The molecule has 3 N–H and O–H groups in total. The fourth-order valence-corrected chi connectivity index (χ4v) is 8.13. The lowest BCUT2D eigenvalue weighted by Gasteiger charge is -2.24. The smallest absolute Gasteiger partial charge is 0.306 e. The molecule has 0 rings (SSSR count). The van der Waals surface area contributed by atoms with Crippen molar-refractivity contribution in [2.45, 2.75) is 302 Å². The highest BCUT2D eigenvalue weighted by Gasteiger charge is 2.24. The van der Waals surface area contributed by atoms with Gasteiger partial charge in [-0.3, -0.25) is 9.59 Å². The highest BCUT2D eigenvalue weighted by atomic mass is 16.5. The van der Waals surface area contributed by atoms with Crippen LogP contribution in [0.25, 0.3) is 0 Å². The number of hydrogen-bond donors (Lipinski definition) is 3. The van der Waals surface area contributed by atoms with Gasteiger partial charge in [0.25, 0.3) is 0 Å². The second kappa shape index (κ2) is 46.7. The van der Waals surface area contributed by atoms with Crippen molar-refractivity contribution < 1.29 is 24.5 Å². The van der Waals surface area contributed by atoms with Crippen molar-refractivity contribution in [2.24, 2.45) is 0 Å². The van der Waals surface area contributed by atoms with E-state index in [4.69, 9.17) is 4.74 Å². The van der Waals surface area contributed by atoms with Gasteiger partial charge in [-0.05, 0) is 51.4 Å². The van der Waals surface area contributed by atoms with E-state index in [1.165, 1.54) is 193 Å². The number of ether oxygens (including phenoxy) is 1. The number of allylic oxidation sites excluding steroid dienone is 2. The van der Waals surface area contributed by atoms with Gasteiger partial charge in [0.1, 0.15) is 6.10 Å². The fourth-order valence-electron chi connectivity index (χ4n) is 8.13. The maximum Gasteiger partial charge on any atom is 0.306 e. The van der Waals surface area contributed by atoms with Crippen LogP contribution in [0.3, 0.4) is 0 Å². The van der Waals surface area contributed by atoms with Crippen LogP contribution >= 0.6 is 0 Å². The average molecular weight is 820 g/mol. The average Bonchev–Trinajstić information content (AvgIpc) is 3.22. The molecule has 6 nitrogen and oxygen atoms in total. The molecule has 3 atom stereocenters. The number of unbranched alkanes of at least 4 members (excludes halogenated alkanes) is 33. The van der Waals surface area contributed by atoms with Crippen molar-refractivity contribution in [3.8, 4) is 0 Å². The Kier molecular flexibility index (Phi) is 45.5. The van der Waals surface area contributed by atoms with E-state index >= 15 is 0 Å². The van der Waals surface area contributed by atoms with Crippen molar-refractivity contribution in [3.63, 3.8) is 0 Å². The van der Waals surface area contributed by atoms with Crippen molar-refractivity contribution in [2.75, 3.05) is 6.61 Å². The lowest BCUT2D eigenvalue weighted by molar-refractivity contribution is -0.151. The summed E-state index contributed by atoms with van der Waals surface area (Å²) in [7, 11) is 0.